The number of hydrogen-bond acceptors (Lipinski definition) is 4. The molecule has 0 bridgehead atoms. The van der Waals surface area contributed by atoms with Gasteiger partial charge in [-0.1, -0.05) is 13.0 Å². The first-order valence-electron chi connectivity index (χ1n) is 7.77. The van der Waals surface area contributed by atoms with Crippen LogP contribution in [0.1, 0.15) is 41.2 Å². The van der Waals surface area contributed by atoms with Gasteiger partial charge in [0.2, 0.25) is 0 Å². The van der Waals surface area contributed by atoms with E-state index in [-0.39, 0.29) is 0 Å². The Morgan fingerprint density at radius 3 is 2.13 bits per heavy atom. The lowest BCUT2D eigenvalue weighted by Crippen LogP contribution is -2.29. The molecule has 0 aliphatic rings. The number of benzene rings is 1. The first kappa shape index (κ1) is 17.3. The minimum absolute atomic E-state index is 0.502. The van der Waals surface area contributed by atoms with Crippen molar-refractivity contribution in [2.24, 2.45) is 0 Å². The van der Waals surface area contributed by atoms with Crippen LogP contribution in [0.5, 0.6) is 11.5 Å². The Balaban J connectivity index is 2.87. The molecule has 0 saturated carbocycles. The van der Waals surface area contributed by atoms with Crippen molar-refractivity contribution >= 4 is 0 Å². The summed E-state index contributed by atoms with van der Waals surface area (Å²) in [7, 11) is 3.29. The van der Waals surface area contributed by atoms with Crippen molar-refractivity contribution in [2.45, 2.75) is 39.7 Å². The van der Waals surface area contributed by atoms with Gasteiger partial charge in [0.05, 0.1) is 14.2 Å². The zero-order valence-corrected chi connectivity index (χ0v) is 14.7. The Bertz CT molecular complexity index is 698. The van der Waals surface area contributed by atoms with Crippen molar-refractivity contribution in [1.82, 2.24) is 4.98 Å². The van der Waals surface area contributed by atoms with Crippen LogP contribution < -0.4 is 9.47 Å². The predicted molar refractivity (Wildman–Crippen MR) is 91.3 cm³/mol. The van der Waals surface area contributed by atoms with Gasteiger partial charge in [0.25, 0.3) is 0 Å². The molecule has 4 heteroatoms. The van der Waals surface area contributed by atoms with E-state index in [1.165, 1.54) is 0 Å². The molecular weight excluding hydrogens is 290 g/mol. The summed E-state index contributed by atoms with van der Waals surface area (Å²) < 4.78 is 11.3. The molecule has 1 aromatic carbocycles. The maximum absolute atomic E-state index is 11.5. The molecular formula is C19H25NO3. The normalized spacial score (nSPS) is 13.5. The first-order valence-corrected chi connectivity index (χ1v) is 7.77. The molecule has 4 nitrogen and oxygen atoms in total. The van der Waals surface area contributed by atoms with E-state index in [1.54, 1.807) is 26.6 Å². The summed E-state index contributed by atoms with van der Waals surface area (Å²) in [5.74, 6) is 1.49. The van der Waals surface area contributed by atoms with Gasteiger partial charge in [-0.15, -0.1) is 0 Å². The maximum atomic E-state index is 11.5. The molecule has 0 radical (unpaired) electrons. The van der Waals surface area contributed by atoms with E-state index in [1.807, 2.05) is 39.8 Å². The topological polar surface area (TPSA) is 51.6 Å². The second-order valence-corrected chi connectivity index (χ2v) is 5.77. The zero-order valence-electron chi connectivity index (χ0n) is 14.7. The van der Waals surface area contributed by atoms with Crippen LogP contribution in [0, 0.1) is 20.8 Å². The lowest BCUT2D eigenvalue weighted by atomic mass is 9.80. The van der Waals surface area contributed by atoms with Crippen LogP contribution in [0.2, 0.25) is 0 Å². The van der Waals surface area contributed by atoms with Crippen molar-refractivity contribution < 1.29 is 14.6 Å². The van der Waals surface area contributed by atoms with Crippen molar-refractivity contribution in [1.29, 1.82) is 0 Å². The minimum atomic E-state index is -1.19. The average Bonchev–Trinajstić information content (AvgIpc) is 2.58. The third-order valence-electron chi connectivity index (χ3n) is 4.66. The summed E-state index contributed by atoms with van der Waals surface area (Å²) in [5, 5.41) is 11.5. The number of methoxy groups -OCH3 is 2. The highest BCUT2D eigenvalue weighted by Crippen LogP contribution is 2.46. The molecule has 1 atom stereocenters. The summed E-state index contributed by atoms with van der Waals surface area (Å²) in [6.45, 7) is 7.90. The molecule has 0 amide bonds. The van der Waals surface area contributed by atoms with Crippen LogP contribution in [0.4, 0.5) is 0 Å². The van der Waals surface area contributed by atoms with Crippen LogP contribution in [0.25, 0.3) is 0 Å². The van der Waals surface area contributed by atoms with Crippen molar-refractivity contribution in [3.8, 4) is 11.5 Å². The highest BCUT2D eigenvalue weighted by Gasteiger charge is 2.37. The summed E-state index contributed by atoms with van der Waals surface area (Å²) >= 11 is 0. The highest BCUT2D eigenvalue weighted by atomic mass is 16.5. The Labute approximate surface area is 138 Å². The first-order chi connectivity index (χ1) is 10.9. The van der Waals surface area contributed by atoms with E-state index in [4.69, 9.17) is 9.47 Å². The number of rotatable bonds is 5. The molecule has 1 aromatic heterocycles. The van der Waals surface area contributed by atoms with Crippen LogP contribution in [0.3, 0.4) is 0 Å². The molecule has 0 aliphatic carbocycles. The third-order valence-corrected chi connectivity index (χ3v) is 4.66. The molecule has 2 rings (SSSR count). The fourth-order valence-electron chi connectivity index (χ4n) is 3.29. The fourth-order valence-corrected chi connectivity index (χ4v) is 3.29. The van der Waals surface area contributed by atoms with E-state index >= 15 is 0 Å². The van der Waals surface area contributed by atoms with Crippen molar-refractivity contribution in [2.75, 3.05) is 14.2 Å². The Kier molecular flexibility index (Phi) is 4.95. The second-order valence-electron chi connectivity index (χ2n) is 5.77. The van der Waals surface area contributed by atoms with Gasteiger partial charge in [-0.05, 0) is 44.4 Å². The van der Waals surface area contributed by atoms with Crippen LogP contribution >= 0.6 is 0 Å². The Hall–Kier alpha value is -2.07. The summed E-state index contributed by atoms with van der Waals surface area (Å²) in [4.78, 5) is 4.16. The SMILES string of the molecule is CCC(O)(c1cccnc1)c1c(C)c(OC)c(C)c(C)c1OC. The second kappa shape index (κ2) is 6.59. The predicted octanol–water partition coefficient (Wildman–Crippen LogP) is 3.67. The van der Waals surface area contributed by atoms with Gasteiger partial charge in [-0.25, -0.2) is 0 Å². The van der Waals surface area contributed by atoms with E-state index < -0.39 is 5.60 Å². The van der Waals surface area contributed by atoms with Gasteiger partial charge in [0.15, 0.2) is 0 Å². The van der Waals surface area contributed by atoms with E-state index in [2.05, 4.69) is 4.98 Å². The molecule has 1 unspecified atom stereocenters. The summed E-state index contributed by atoms with van der Waals surface area (Å²) in [6, 6.07) is 3.72. The molecule has 2 aromatic rings. The quantitative estimate of drug-likeness (QED) is 0.914. The van der Waals surface area contributed by atoms with E-state index in [9.17, 15) is 5.11 Å². The van der Waals surface area contributed by atoms with Crippen LogP contribution in [0.15, 0.2) is 24.5 Å². The molecule has 1 N–H and O–H groups in total. The number of aliphatic hydroxyl groups is 1. The number of nitrogens with zero attached hydrogens (tertiary/aromatic N) is 1. The molecule has 0 aliphatic heterocycles. The maximum Gasteiger partial charge on any atom is 0.129 e. The van der Waals surface area contributed by atoms with Crippen molar-refractivity contribution in [3.63, 3.8) is 0 Å². The number of hydrogen-bond donors (Lipinski definition) is 1. The molecule has 124 valence electrons. The lowest BCUT2D eigenvalue weighted by molar-refractivity contribution is 0.0721. The molecule has 0 fully saturated rings. The van der Waals surface area contributed by atoms with E-state index in [0.717, 1.165) is 33.6 Å². The van der Waals surface area contributed by atoms with Gasteiger partial charge in [0.1, 0.15) is 17.1 Å². The number of pyridine rings is 1. The van der Waals surface area contributed by atoms with Gasteiger partial charge in [-0.3, -0.25) is 4.98 Å². The largest absolute Gasteiger partial charge is 0.496 e. The fraction of sp³-hybridized carbons (Fsp3) is 0.421. The smallest absolute Gasteiger partial charge is 0.129 e. The highest BCUT2D eigenvalue weighted by molar-refractivity contribution is 5.61. The van der Waals surface area contributed by atoms with Gasteiger partial charge in [0, 0.05) is 29.1 Å². The average molecular weight is 315 g/mol. The standard InChI is InChI=1S/C19H25NO3/c1-7-19(21,15-9-8-10-20-11-15)16-14(4)17(22-5)12(2)13(3)18(16)23-6/h8-11,21H,7H2,1-6H3. The van der Waals surface area contributed by atoms with Crippen LogP contribution in [-0.4, -0.2) is 24.3 Å². The molecule has 0 spiro atoms. The third kappa shape index (κ3) is 2.68. The Morgan fingerprint density at radius 1 is 1.04 bits per heavy atom. The van der Waals surface area contributed by atoms with Gasteiger partial charge < -0.3 is 14.6 Å². The van der Waals surface area contributed by atoms with Gasteiger partial charge >= 0.3 is 0 Å². The van der Waals surface area contributed by atoms with E-state index in [0.29, 0.717) is 12.2 Å². The molecule has 23 heavy (non-hydrogen) atoms. The number of aromatic nitrogens is 1. The van der Waals surface area contributed by atoms with Crippen LogP contribution in [-0.2, 0) is 5.60 Å². The Morgan fingerprint density at radius 2 is 1.65 bits per heavy atom. The lowest BCUT2D eigenvalue weighted by Gasteiger charge is -2.33. The van der Waals surface area contributed by atoms with Gasteiger partial charge in [-0.2, -0.15) is 0 Å². The summed E-state index contributed by atoms with van der Waals surface area (Å²) in [5.41, 5.74) is 3.19. The zero-order chi connectivity index (χ0) is 17.2. The molecule has 1 heterocycles. The van der Waals surface area contributed by atoms with Crippen molar-refractivity contribution in [3.05, 3.63) is 52.3 Å². The molecule has 0 saturated heterocycles. The number of ether oxygens (including phenoxy) is 2. The summed E-state index contributed by atoms with van der Waals surface area (Å²) in [6.07, 6.45) is 3.90. The monoisotopic (exact) mass is 315 g/mol. The minimum Gasteiger partial charge on any atom is -0.496 e.